The first-order valence-electron chi connectivity index (χ1n) is 5.51. The van der Waals surface area contributed by atoms with Crippen LogP contribution in [0.4, 0.5) is 0 Å². The summed E-state index contributed by atoms with van der Waals surface area (Å²) in [4.78, 5) is 1.33. The molecule has 0 fully saturated rings. The molecule has 0 aliphatic rings. The number of rotatable bonds is 5. The fourth-order valence-electron chi connectivity index (χ4n) is 1.79. The Morgan fingerprint density at radius 3 is 2.67 bits per heavy atom. The lowest BCUT2D eigenvalue weighted by atomic mass is 10.1. The van der Waals surface area contributed by atoms with Crippen LogP contribution in [0.15, 0.2) is 22.0 Å². The largest absolute Gasteiger partial charge is 0.310 e. The van der Waals surface area contributed by atoms with Gasteiger partial charge in [0.25, 0.3) is 0 Å². The molecule has 0 amide bonds. The summed E-state index contributed by atoms with van der Waals surface area (Å²) in [6, 6.07) is 4.33. The number of hydrogen-bond donors (Lipinski definition) is 1. The summed E-state index contributed by atoms with van der Waals surface area (Å²) >= 11 is 18.9. The molecule has 0 aliphatic carbocycles. The van der Waals surface area contributed by atoms with E-state index < -0.39 is 0 Å². The third kappa shape index (κ3) is 3.71. The molecule has 2 aromatic heterocycles. The first-order valence-corrected chi connectivity index (χ1v) is 8.75. The number of likely N-dealkylation sites (N-methyl/N-ethyl adjacent to an activating group) is 1. The van der Waals surface area contributed by atoms with Gasteiger partial charge in [-0.15, -0.1) is 22.7 Å². The molecular weight excluding hydrogens is 373 g/mol. The second-order valence-corrected chi connectivity index (χ2v) is 8.02. The Hall–Kier alpha value is 0.420. The van der Waals surface area contributed by atoms with Crippen molar-refractivity contribution in [2.45, 2.75) is 19.4 Å². The molecule has 0 radical (unpaired) electrons. The molecule has 0 bridgehead atoms. The molecule has 18 heavy (non-hydrogen) atoms. The highest BCUT2D eigenvalue weighted by atomic mass is 79.9. The van der Waals surface area contributed by atoms with Crippen molar-refractivity contribution in [3.8, 4) is 0 Å². The zero-order valence-electron chi connectivity index (χ0n) is 9.67. The number of hydrogen-bond acceptors (Lipinski definition) is 3. The highest BCUT2D eigenvalue weighted by Gasteiger charge is 2.18. The van der Waals surface area contributed by atoms with Gasteiger partial charge >= 0.3 is 0 Å². The van der Waals surface area contributed by atoms with E-state index in [0.717, 1.165) is 31.7 Å². The Labute approximate surface area is 133 Å². The van der Waals surface area contributed by atoms with Crippen LogP contribution in [0.1, 0.15) is 23.4 Å². The van der Waals surface area contributed by atoms with Crippen molar-refractivity contribution in [1.29, 1.82) is 0 Å². The van der Waals surface area contributed by atoms with E-state index in [-0.39, 0.29) is 6.04 Å². The number of nitrogens with one attached hydrogen (secondary N) is 1. The van der Waals surface area contributed by atoms with Crippen LogP contribution in [-0.2, 0) is 6.42 Å². The molecule has 6 heteroatoms. The smallest absolute Gasteiger partial charge is 0.0992 e. The summed E-state index contributed by atoms with van der Waals surface area (Å²) in [5, 5.41) is 5.56. The SMILES string of the molecule is CCNC(Cc1cc(Br)cs1)c1cc(Cl)sc1Cl. The van der Waals surface area contributed by atoms with Crippen molar-refractivity contribution in [3.63, 3.8) is 0 Å². The van der Waals surface area contributed by atoms with Crippen LogP contribution in [0.2, 0.25) is 8.67 Å². The third-order valence-corrected chi connectivity index (χ3v) is 5.77. The highest BCUT2D eigenvalue weighted by molar-refractivity contribution is 9.10. The average molecular weight is 385 g/mol. The lowest BCUT2D eigenvalue weighted by Crippen LogP contribution is -2.22. The van der Waals surface area contributed by atoms with Gasteiger partial charge in [0.15, 0.2) is 0 Å². The minimum atomic E-state index is 0.219. The lowest BCUT2D eigenvalue weighted by molar-refractivity contribution is 0.555. The molecule has 0 spiro atoms. The van der Waals surface area contributed by atoms with Crippen molar-refractivity contribution >= 4 is 61.8 Å². The predicted molar refractivity (Wildman–Crippen MR) is 86.5 cm³/mol. The van der Waals surface area contributed by atoms with E-state index in [1.807, 2.05) is 6.07 Å². The molecule has 1 nitrogen and oxygen atoms in total. The maximum absolute atomic E-state index is 6.24. The summed E-state index contributed by atoms with van der Waals surface area (Å²) in [7, 11) is 0. The molecule has 1 unspecified atom stereocenters. The number of halogens is 3. The highest BCUT2D eigenvalue weighted by Crippen LogP contribution is 2.37. The standard InChI is InChI=1S/C12H12BrCl2NS2/c1-2-16-10(4-8-3-7(13)6-17-8)9-5-11(14)18-12(9)15/h3,5-6,10,16H,2,4H2,1H3. The van der Waals surface area contributed by atoms with Gasteiger partial charge in [-0.25, -0.2) is 0 Å². The van der Waals surface area contributed by atoms with Crippen molar-refractivity contribution in [2.24, 2.45) is 0 Å². The van der Waals surface area contributed by atoms with E-state index in [1.165, 1.54) is 16.2 Å². The van der Waals surface area contributed by atoms with Crippen LogP contribution in [0, 0.1) is 0 Å². The molecule has 0 aliphatic heterocycles. The molecule has 0 saturated heterocycles. The summed E-state index contributed by atoms with van der Waals surface area (Å²) in [5.74, 6) is 0. The van der Waals surface area contributed by atoms with Gasteiger partial charge in [-0.1, -0.05) is 30.1 Å². The van der Waals surface area contributed by atoms with Crippen molar-refractivity contribution < 1.29 is 0 Å². The number of thiophene rings is 2. The summed E-state index contributed by atoms with van der Waals surface area (Å²) < 4.78 is 2.65. The molecule has 2 aromatic rings. The van der Waals surface area contributed by atoms with E-state index >= 15 is 0 Å². The first-order chi connectivity index (χ1) is 8.60. The molecule has 1 N–H and O–H groups in total. The molecule has 98 valence electrons. The van der Waals surface area contributed by atoms with E-state index in [0.29, 0.717) is 0 Å². The fraction of sp³-hybridized carbons (Fsp3) is 0.333. The topological polar surface area (TPSA) is 12.0 Å². The zero-order valence-corrected chi connectivity index (χ0v) is 14.4. The van der Waals surface area contributed by atoms with Gasteiger partial charge in [0.1, 0.15) is 0 Å². The Kier molecular flexibility index (Phi) is 5.54. The summed E-state index contributed by atoms with van der Waals surface area (Å²) in [5.41, 5.74) is 1.10. The molecule has 1 atom stereocenters. The molecular formula is C12H12BrCl2NS2. The second-order valence-electron chi connectivity index (χ2n) is 3.83. The van der Waals surface area contributed by atoms with Crippen molar-refractivity contribution in [1.82, 2.24) is 5.32 Å². The maximum Gasteiger partial charge on any atom is 0.0992 e. The normalized spacial score (nSPS) is 12.9. The van der Waals surface area contributed by atoms with Gasteiger partial charge in [-0.3, -0.25) is 0 Å². The average Bonchev–Trinajstić information content (AvgIpc) is 2.84. The predicted octanol–water partition coefficient (Wildman–Crippen LogP) is 5.77. The molecule has 2 rings (SSSR count). The van der Waals surface area contributed by atoms with E-state index in [2.05, 4.69) is 39.6 Å². The fourth-order valence-corrected chi connectivity index (χ4v) is 4.87. The van der Waals surface area contributed by atoms with Crippen LogP contribution in [0.25, 0.3) is 0 Å². The third-order valence-electron chi connectivity index (χ3n) is 2.54. The summed E-state index contributed by atoms with van der Waals surface area (Å²) in [6.07, 6.45) is 0.927. The van der Waals surface area contributed by atoms with Gasteiger partial charge in [-0.2, -0.15) is 0 Å². The Morgan fingerprint density at radius 1 is 1.39 bits per heavy atom. The van der Waals surface area contributed by atoms with E-state index in [4.69, 9.17) is 23.2 Å². The molecule has 0 aromatic carbocycles. The van der Waals surface area contributed by atoms with Crippen molar-refractivity contribution in [2.75, 3.05) is 6.54 Å². The second kappa shape index (κ2) is 6.73. The van der Waals surface area contributed by atoms with E-state index in [9.17, 15) is 0 Å². The quantitative estimate of drug-likeness (QED) is 0.689. The Bertz CT molecular complexity index is 524. The lowest BCUT2D eigenvalue weighted by Gasteiger charge is -2.16. The Balaban J connectivity index is 2.20. The van der Waals surface area contributed by atoms with Crippen LogP contribution >= 0.6 is 61.8 Å². The van der Waals surface area contributed by atoms with Crippen LogP contribution in [-0.4, -0.2) is 6.54 Å². The van der Waals surface area contributed by atoms with Gasteiger partial charge < -0.3 is 5.32 Å². The zero-order chi connectivity index (χ0) is 13.1. The minimum Gasteiger partial charge on any atom is -0.310 e. The molecule has 2 heterocycles. The van der Waals surface area contributed by atoms with Gasteiger partial charge in [0.2, 0.25) is 0 Å². The maximum atomic E-state index is 6.24. The van der Waals surface area contributed by atoms with Gasteiger partial charge in [0, 0.05) is 32.8 Å². The van der Waals surface area contributed by atoms with Gasteiger partial charge in [-0.05, 0) is 34.6 Å². The van der Waals surface area contributed by atoms with E-state index in [1.54, 1.807) is 11.3 Å². The summed E-state index contributed by atoms with van der Waals surface area (Å²) in [6.45, 7) is 3.00. The first kappa shape index (κ1) is 14.8. The monoisotopic (exact) mass is 383 g/mol. The van der Waals surface area contributed by atoms with Gasteiger partial charge in [0.05, 0.1) is 8.67 Å². The van der Waals surface area contributed by atoms with Crippen LogP contribution in [0.5, 0.6) is 0 Å². The minimum absolute atomic E-state index is 0.219. The van der Waals surface area contributed by atoms with Crippen LogP contribution in [0.3, 0.4) is 0 Å². The molecule has 0 saturated carbocycles. The van der Waals surface area contributed by atoms with Crippen LogP contribution < -0.4 is 5.32 Å². The van der Waals surface area contributed by atoms with Crippen molar-refractivity contribution in [3.05, 3.63) is 41.1 Å². The Morgan fingerprint density at radius 2 is 2.17 bits per heavy atom.